The summed E-state index contributed by atoms with van der Waals surface area (Å²) in [6, 6.07) is 87.5. The first kappa shape index (κ1) is 89.8. The van der Waals surface area contributed by atoms with Crippen LogP contribution in [-0.2, 0) is 63.3 Å². The molecule has 115 heavy (non-hydrogen) atoms. The average Bonchev–Trinajstić information content (AvgIpc) is 1.63. The fourth-order valence-corrected chi connectivity index (χ4v) is 10.5. The number of carbonyl (C=O) groups is 2. The number of halogens is 5. The van der Waals surface area contributed by atoms with E-state index in [-0.39, 0.29) is 58.3 Å². The Labute approximate surface area is 695 Å². The first-order valence-electron chi connectivity index (χ1n) is 34.4. The number of para-hydroxylation sites is 7. The number of nitrogens with two attached hydrogens (primary N) is 2. The van der Waals surface area contributed by atoms with Gasteiger partial charge in [-0.3, -0.25) is 42.9 Å². The molecular formula is C83H73BrF4Ir2N17O7S-3. The number of aliphatic hydroxyl groups excluding tert-OH is 2. The molecule has 0 spiro atoms. The summed E-state index contributed by atoms with van der Waals surface area (Å²) >= 11 is 3.06. The molecule has 0 atom stereocenters. The molecule has 17 aromatic rings. The van der Waals surface area contributed by atoms with Crippen molar-refractivity contribution < 1.29 is 91.9 Å². The predicted molar refractivity (Wildman–Crippen MR) is 434 cm³/mol. The molecule has 0 saturated carbocycles. The number of hydrogen-bond acceptors (Lipinski definition) is 18. The van der Waals surface area contributed by atoms with Gasteiger partial charge in [0, 0.05) is 121 Å². The van der Waals surface area contributed by atoms with E-state index in [1.807, 2.05) is 223 Å². The molecule has 594 valence electrons. The van der Waals surface area contributed by atoms with Gasteiger partial charge in [-0.2, -0.15) is 21.6 Å². The van der Waals surface area contributed by atoms with Crippen molar-refractivity contribution in [2.75, 3.05) is 32.4 Å². The van der Waals surface area contributed by atoms with Gasteiger partial charge in [-0.05, 0) is 120 Å². The van der Waals surface area contributed by atoms with E-state index in [0.29, 0.717) is 22.7 Å². The number of anilines is 1. The molecule has 6 aromatic carbocycles. The van der Waals surface area contributed by atoms with Gasteiger partial charge in [0.25, 0.3) is 0 Å². The number of carbonyl (C=O) groups excluding carboxylic acids is 2. The number of nitrogens with zero attached hydrogens (tertiary/aromatic N) is 14. The van der Waals surface area contributed by atoms with Crippen molar-refractivity contribution in [2.45, 2.75) is 18.5 Å². The molecule has 1 aliphatic rings. The zero-order valence-corrected chi connectivity index (χ0v) is 68.2. The number of nitrogen functional groups attached to an aromatic ring is 1. The van der Waals surface area contributed by atoms with Crippen LogP contribution in [0.2, 0.25) is 0 Å². The maximum absolute atomic E-state index is 12.1. The van der Waals surface area contributed by atoms with Crippen LogP contribution < -0.4 is 16.5 Å². The van der Waals surface area contributed by atoms with E-state index < -0.39 is 22.8 Å². The Morgan fingerprint density at radius 2 is 0.957 bits per heavy atom. The first-order valence-corrected chi connectivity index (χ1v) is 36.3. The van der Waals surface area contributed by atoms with E-state index in [2.05, 4.69) is 104 Å². The van der Waals surface area contributed by atoms with Gasteiger partial charge in [-0.25, -0.2) is 15.0 Å². The minimum atomic E-state index is -5.84. The molecule has 0 aliphatic carbocycles. The summed E-state index contributed by atoms with van der Waals surface area (Å²) in [6.07, 6.45) is 15.2. The molecule has 18 rings (SSSR count). The maximum atomic E-state index is 12.1. The van der Waals surface area contributed by atoms with Crippen molar-refractivity contribution in [1.82, 2.24) is 68.2 Å². The topological polar surface area (TPSA) is 353 Å². The number of nitrogens with one attached hydrogen (secondary N) is 1. The number of H-pyrrole nitrogens is 1. The number of pyridine rings is 6. The summed E-state index contributed by atoms with van der Waals surface area (Å²) in [6.45, 7) is 0.142. The van der Waals surface area contributed by atoms with E-state index in [4.69, 9.17) is 36.0 Å². The standard InChI is InChI=1S/C14H12N4O.C14H10N4.C14H9N4.2C11H8N.C8H8N2.C7H6BrNO.CHF3O3S.CH3F.2CH4O.2Ir/c15-14-17-10-5-1-2-7-12(10)18(14)9-13(19)11-6-3-4-8-16-11;2*1-2-7-13-11(6-1)16-14-17-12(9-18(13)14)10-5-3-4-8-15-10;2*1-2-6-10(7-3-1)11-8-4-5-9-12-11;9-8-5-6-3-1-2-4-7(6)10-8;8-5-7(10)6-3-1-2-4-9-6;2-1(3,4)8(5,6)7;3*1-2;;/h1-8H,9H2,(H2,15,17);1-9H,(H,16,17);1-9H;2*1-6,8-9H;1-4H,5H2,(H2,9,10);1-4H,5H2;(H,5,6,7);1H3;2*2H,1H3;;/q;;3*-1;;;;;;;;/i;;;;;;;;1D;;;;. The quantitative estimate of drug-likeness (QED) is 0.0195. The van der Waals surface area contributed by atoms with Gasteiger partial charge in [0.15, 0.2) is 5.78 Å². The number of hydrogen-bond donors (Lipinski definition) is 6. The zero-order chi connectivity index (χ0) is 81.7. The third kappa shape index (κ3) is 26.6. The number of aromatic amines is 1. The Bertz CT molecular complexity index is 5610. The van der Waals surface area contributed by atoms with Crippen LogP contribution in [0.15, 0.2) is 309 Å². The van der Waals surface area contributed by atoms with E-state index >= 15 is 0 Å². The molecule has 0 fully saturated rings. The minimum Gasteiger partial charge on any atom is -0.400 e. The molecule has 0 unspecified atom stereocenters. The number of aromatic nitrogens is 14. The number of fused-ring (bicyclic) bond motifs is 8. The van der Waals surface area contributed by atoms with Gasteiger partial charge >= 0.3 is 15.6 Å². The van der Waals surface area contributed by atoms with Gasteiger partial charge in [-0.15, -0.1) is 71.8 Å². The number of alkyl halides is 5. The molecule has 0 bridgehead atoms. The molecule has 0 saturated heterocycles. The molecule has 11 aromatic heterocycles. The second-order valence-electron chi connectivity index (χ2n) is 22.6. The summed E-state index contributed by atoms with van der Waals surface area (Å²) in [5.41, 5.74) is 22.5. The second-order valence-corrected chi connectivity index (χ2v) is 24.5. The van der Waals surface area contributed by atoms with E-state index in [0.717, 1.165) is 122 Å². The van der Waals surface area contributed by atoms with Gasteiger partial charge in [-0.1, -0.05) is 131 Å². The van der Waals surface area contributed by atoms with Crippen molar-refractivity contribution in [3.8, 4) is 45.3 Å². The molecule has 24 nitrogen and oxygen atoms in total. The average molecular weight is 1990 g/mol. The third-order valence-corrected chi connectivity index (χ3v) is 16.3. The zero-order valence-electron chi connectivity index (χ0n) is 62.1. The second kappa shape index (κ2) is 47.2. The van der Waals surface area contributed by atoms with Gasteiger partial charge in [0.05, 0.1) is 65.2 Å². The van der Waals surface area contributed by atoms with Crippen LogP contribution in [-0.4, -0.2) is 136 Å². The number of rotatable bonds is 9. The normalized spacial score (nSPS) is 10.7. The number of Topliss-reactive ketones (excluding diaryl/α,β-unsaturated/α-hetero) is 2. The van der Waals surface area contributed by atoms with Gasteiger partial charge in [0.1, 0.15) is 17.2 Å². The van der Waals surface area contributed by atoms with Crippen molar-refractivity contribution in [1.29, 1.82) is 0 Å². The SMILES string of the molecule is CO.CO.NC1=Nc2ccccc2C1.Nc1nc2ccccc2n1CC(=O)c1ccccn1.O=C(CBr)c1ccccn1.O=S(=O)(O)C(F)(F)F.[2H]CF.[Ir].[Ir].[c-]1ccccc1-c1ccccn1.[c-]1ccccc1-c1ccccn1.c1ccc(-c2cn3c(nc4ccccc43)[n-]2)nc1.c1ccc(-c2cn3c(nc4ccccc43)[nH]2)nc1. The number of aliphatic imine (C=N–C) groups is 1. The van der Waals surface area contributed by atoms with Crippen LogP contribution in [0.25, 0.3) is 89.9 Å². The largest absolute Gasteiger partial charge is 0.522 e. The Hall–Kier alpha value is -12.4. The van der Waals surface area contributed by atoms with E-state index in [9.17, 15) is 27.2 Å². The van der Waals surface area contributed by atoms with Crippen LogP contribution in [0.1, 0.15) is 27.9 Å². The molecule has 2 radical (unpaired) electrons. The van der Waals surface area contributed by atoms with Gasteiger partial charge < -0.3 is 55.6 Å². The van der Waals surface area contributed by atoms with E-state index in [1.54, 1.807) is 78.1 Å². The van der Waals surface area contributed by atoms with Crippen LogP contribution >= 0.6 is 15.9 Å². The van der Waals surface area contributed by atoms with Gasteiger partial charge in [0.2, 0.25) is 17.5 Å². The molecule has 8 N–H and O–H groups in total. The third-order valence-electron chi connectivity index (χ3n) is 15.2. The van der Waals surface area contributed by atoms with Crippen LogP contribution in [0.4, 0.5) is 29.2 Å². The molecule has 32 heteroatoms. The monoisotopic (exact) mass is 1990 g/mol. The van der Waals surface area contributed by atoms with Crippen molar-refractivity contribution in [3.63, 3.8) is 0 Å². The fourth-order valence-electron chi connectivity index (χ4n) is 10.2. The Morgan fingerprint density at radius 3 is 1.42 bits per heavy atom. The van der Waals surface area contributed by atoms with Crippen molar-refractivity contribution in [2.24, 2.45) is 10.7 Å². The summed E-state index contributed by atoms with van der Waals surface area (Å²) in [4.78, 5) is 73.2. The molecule has 0 amide bonds. The molecule has 12 heterocycles. The Morgan fingerprint density at radius 1 is 0.539 bits per heavy atom. The number of benzene rings is 6. The van der Waals surface area contributed by atoms with Crippen molar-refractivity contribution >= 4 is 99.7 Å². The number of aliphatic hydroxyl groups is 2. The van der Waals surface area contributed by atoms with Crippen molar-refractivity contribution in [3.05, 3.63) is 333 Å². The first-order chi connectivity index (χ1) is 55.4. The minimum absolute atomic E-state index is 0. The number of ketones is 2. The smallest absolute Gasteiger partial charge is 0.400 e. The molecule has 1 aliphatic heterocycles. The van der Waals surface area contributed by atoms with Crippen LogP contribution in [0.3, 0.4) is 0 Å². The summed E-state index contributed by atoms with van der Waals surface area (Å²) < 4.78 is 78.8. The summed E-state index contributed by atoms with van der Waals surface area (Å²) in [7, 11) is -4.84. The van der Waals surface area contributed by atoms with Crippen LogP contribution in [0, 0.1) is 12.1 Å². The maximum Gasteiger partial charge on any atom is 0.522 e. The predicted octanol–water partition coefficient (Wildman–Crippen LogP) is 15.5. The van der Waals surface area contributed by atoms with E-state index in [1.165, 1.54) is 5.56 Å². The Balaban J connectivity index is 0.000000206. The number of amidine groups is 1. The molecular weight excluding hydrogens is 1920 g/mol. The van der Waals surface area contributed by atoms with Crippen LogP contribution in [0.5, 0.6) is 0 Å². The Kier molecular flexibility index (Phi) is 36.9. The fraction of sp³-hybridized carbons (Fsp3) is 0.0843. The summed E-state index contributed by atoms with van der Waals surface area (Å²) in [5.74, 6) is 2.55. The number of imidazole rings is 5. The summed E-state index contributed by atoms with van der Waals surface area (Å²) in [5, 5.41) is 14.3.